The first-order valence-corrected chi connectivity index (χ1v) is 11.4. The maximum Gasteiger partial charge on any atom is 0.261 e. The molecule has 1 amide bonds. The number of H-pyrrole nitrogens is 1. The van der Waals surface area contributed by atoms with Crippen molar-refractivity contribution < 1.29 is 9.21 Å². The van der Waals surface area contributed by atoms with Crippen molar-refractivity contribution in [2.45, 2.75) is 49.7 Å². The van der Waals surface area contributed by atoms with Gasteiger partial charge in [-0.3, -0.25) is 9.59 Å². The maximum absolute atomic E-state index is 12.4. The highest BCUT2D eigenvalue weighted by atomic mass is 32.2. The van der Waals surface area contributed by atoms with E-state index in [1.54, 1.807) is 30.0 Å². The van der Waals surface area contributed by atoms with Crippen LogP contribution in [0.25, 0.3) is 11.5 Å². The molecule has 30 heavy (non-hydrogen) atoms. The molecule has 3 aromatic heterocycles. The Morgan fingerprint density at radius 3 is 2.83 bits per heavy atom. The van der Waals surface area contributed by atoms with Gasteiger partial charge in [0.05, 0.1) is 12.0 Å². The number of thioether (sulfide) groups is 1. The zero-order valence-corrected chi connectivity index (χ0v) is 17.7. The number of hydrogen-bond donors (Lipinski definition) is 2. The van der Waals surface area contributed by atoms with Gasteiger partial charge in [-0.1, -0.05) is 24.6 Å². The lowest BCUT2D eigenvalue weighted by atomic mass is 10.2. The average molecular weight is 428 g/mol. The van der Waals surface area contributed by atoms with Crippen LogP contribution in [0, 0.1) is 0 Å². The van der Waals surface area contributed by atoms with Crippen molar-refractivity contribution in [3.63, 3.8) is 0 Å². The third kappa shape index (κ3) is 4.35. The molecular weight excluding hydrogens is 402 g/mol. The van der Waals surface area contributed by atoms with Gasteiger partial charge < -0.3 is 19.3 Å². The summed E-state index contributed by atoms with van der Waals surface area (Å²) >= 11 is 1.62. The third-order valence-corrected chi connectivity index (χ3v) is 6.05. The van der Waals surface area contributed by atoms with Gasteiger partial charge in [-0.15, -0.1) is 10.2 Å². The summed E-state index contributed by atoms with van der Waals surface area (Å²) in [6.45, 7) is 0.463. The van der Waals surface area contributed by atoms with Gasteiger partial charge in [0.15, 0.2) is 5.16 Å². The van der Waals surface area contributed by atoms with Crippen LogP contribution in [0.15, 0.2) is 44.9 Å². The average Bonchev–Trinajstić information content (AvgIpc) is 3.52. The summed E-state index contributed by atoms with van der Waals surface area (Å²) < 4.78 is 7.54. The first-order valence-electron chi connectivity index (χ1n) is 10.2. The quantitative estimate of drug-likeness (QED) is 0.421. The van der Waals surface area contributed by atoms with Crippen molar-refractivity contribution >= 4 is 17.7 Å². The smallest absolute Gasteiger partial charge is 0.261 e. The number of pyridine rings is 1. The van der Waals surface area contributed by atoms with Crippen LogP contribution in [0.1, 0.15) is 54.3 Å². The van der Waals surface area contributed by atoms with Gasteiger partial charge in [-0.25, -0.2) is 0 Å². The summed E-state index contributed by atoms with van der Waals surface area (Å²) in [4.78, 5) is 27.4. The number of amides is 1. The molecule has 1 aliphatic carbocycles. The highest BCUT2D eigenvalue weighted by Gasteiger charge is 2.23. The lowest BCUT2D eigenvalue weighted by Gasteiger charge is -2.16. The summed E-state index contributed by atoms with van der Waals surface area (Å²) in [6.07, 6.45) is 9.86. The van der Waals surface area contributed by atoms with Crippen LogP contribution in [0.4, 0.5) is 0 Å². The van der Waals surface area contributed by atoms with Gasteiger partial charge in [0.1, 0.15) is 17.1 Å². The van der Waals surface area contributed by atoms with E-state index < -0.39 is 5.56 Å². The molecule has 0 aromatic carbocycles. The molecule has 4 rings (SSSR count). The van der Waals surface area contributed by atoms with Gasteiger partial charge in [-0.05, 0) is 49.8 Å². The minimum Gasteiger partial charge on any atom is -0.463 e. The molecule has 8 nitrogen and oxygen atoms in total. The molecule has 1 saturated carbocycles. The second-order valence-corrected chi connectivity index (χ2v) is 8.14. The summed E-state index contributed by atoms with van der Waals surface area (Å²) in [5.74, 6) is 1.14. The number of aromatic amines is 1. The lowest BCUT2D eigenvalue weighted by Crippen LogP contribution is -2.30. The molecule has 0 saturated heterocycles. The predicted molar refractivity (Wildman–Crippen MR) is 115 cm³/mol. The zero-order chi connectivity index (χ0) is 20.9. The highest BCUT2D eigenvalue weighted by molar-refractivity contribution is 7.98. The van der Waals surface area contributed by atoms with E-state index in [-0.39, 0.29) is 11.5 Å². The van der Waals surface area contributed by atoms with E-state index in [1.807, 2.05) is 6.26 Å². The van der Waals surface area contributed by atoms with Crippen molar-refractivity contribution in [1.29, 1.82) is 0 Å². The number of aryl methyl sites for hydroxylation is 1. The predicted octanol–water partition coefficient (Wildman–Crippen LogP) is 3.43. The summed E-state index contributed by atoms with van der Waals surface area (Å²) in [5, 5.41) is 12.5. The molecule has 0 atom stereocenters. The monoisotopic (exact) mass is 427 g/mol. The molecule has 0 aliphatic heterocycles. The standard InChI is InChI=1S/C21H25N5O3S/c1-30-21-25-24-18(26(21)14-6-2-3-7-14)9-4-12-22-19(27)15-10-11-16(23-20(15)28)17-8-5-13-29-17/h5,8,10-11,13-14H,2-4,6-7,9,12H2,1H3,(H,22,27)(H,23,28). The summed E-state index contributed by atoms with van der Waals surface area (Å²) in [6, 6.07) is 7.16. The Labute approximate surface area is 178 Å². The number of rotatable bonds is 8. The molecule has 2 N–H and O–H groups in total. The molecule has 0 unspecified atom stereocenters. The second kappa shape index (κ2) is 9.34. The van der Waals surface area contributed by atoms with Crippen LogP contribution in [0.2, 0.25) is 0 Å². The number of hydrogen-bond acceptors (Lipinski definition) is 6. The molecule has 9 heteroatoms. The summed E-state index contributed by atoms with van der Waals surface area (Å²) in [7, 11) is 0. The van der Waals surface area contributed by atoms with Crippen LogP contribution in [0.5, 0.6) is 0 Å². The fraction of sp³-hybridized carbons (Fsp3) is 0.429. The Morgan fingerprint density at radius 1 is 1.30 bits per heavy atom. The third-order valence-electron chi connectivity index (χ3n) is 5.41. The van der Waals surface area contributed by atoms with Crippen LogP contribution in [-0.2, 0) is 6.42 Å². The minimum absolute atomic E-state index is 0.0871. The Kier molecular flexibility index (Phi) is 6.37. The normalized spacial score (nSPS) is 14.3. The lowest BCUT2D eigenvalue weighted by molar-refractivity contribution is 0.0951. The molecule has 1 fully saturated rings. The second-order valence-electron chi connectivity index (χ2n) is 7.36. The highest BCUT2D eigenvalue weighted by Crippen LogP contribution is 2.33. The number of carbonyl (C=O) groups excluding carboxylic acids is 1. The summed E-state index contributed by atoms with van der Waals surface area (Å²) in [5.41, 5.74) is 0.188. The SMILES string of the molecule is CSc1nnc(CCCNC(=O)c2ccc(-c3ccco3)[nH]c2=O)n1C1CCCC1. The molecule has 158 valence electrons. The van der Waals surface area contributed by atoms with E-state index in [9.17, 15) is 9.59 Å². The van der Waals surface area contributed by atoms with Crippen LogP contribution >= 0.6 is 11.8 Å². The Morgan fingerprint density at radius 2 is 2.13 bits per heavy atom. The zero-order valence-electron chi connectivity index (χ0n) is 16.9. The van der Waals surface area contributed by atoms with Crippen molar-refractivity contribution in [1.82, 2.24) is 25.1 Å². The maximum atomic E-state index is 12.4. The van der Waals surface area contributed by atoms with E-state index in [1.165, 1.54) is 38.0 Å². The number of carbonyl (C=O) groups is 1. The molecule has 3 heterocycles. The van der Waals surface area contributed by atoms with Crippen molar-refractivity contribution in [2.75, 3.05) is 12.8 Å². The van der Waals surface area contributed by atoms with Crippen LogP contribution in [0.3, 0.4) is 0 Å². The van der Waals surface area contributed by atoms with E-state index in [0.717, 1.165) is 23.8 Å². The number of furan rings is 1. The Bertz CT molecular complexity index is 1050. The van der Waals surface area contributed by atoms with Gasteiger partial charge in [-0.2, -0.15) is 0 Å². The molecule has 1 aliphatic rings. The number of nitrogens with zero attached hydrogens (tertiary/aromatic N) is 3. The van der Waals surface area contributed by atoms with Crippen LogP contribution < -0.4 is 10.9 Å². The largest absolute Gasteiger partial charge is 0.463 e. The van der Waals surface area contributed by atoms with Gasteiger partial charge >= 0.3 is 0 Å². The Hall–Kier alpha value is -2.81. The van der Waals surface area contributed by atoms with Crippen molar-refractivity contribution in [3.05, 3.63) is 52.3 Å². The first-order chi connectivity index (χ1) is 14.7. The van der Waals surface area contributed by atoms with E-state index in [0.29, 0.717) is 24.0 Å². The molecule has 3 aromatic rings. The van der Waals surface area contributed by atoms with Crippen molar-refractivity contribution in [2.24, 2.45) is 0 Å². The van der Waals surface area contributed by atoms with Crippen LogP contribution in [-0.4, -0.2) is 38.5 Å². The van der Waals surface area contributed by atoms with Gasteiger partial charge in [0.25, 0.3) is 11.5 Å². The van der Waals surface area contributed by atoms with Crippen molar-refractivity contribution in [3.8, 4) is 11.5 Å². The van der Waals surface area contributed by atoms with Gasteiger partial charge in [0, 0.05) is 19.0 Å². The fourth-order valence-corrected chi connectivity index (χ4v) is 4.49. The first kappa shape index (κ1) is 20.5. The minimum atomic E-state index is -0.438. The van der Waals surface area contributed by atoms with E-state index in [2.05, 4.69) is 25.1 Å². The number of nitrogens with one attached hydrogen (secondary N) is 2. The molecular formula is C21H25N5O3S. The van der Waals surface area contributed by atoms with Gasteiger partial charge in [0.2, 0.25) is 0 Å². The molecule has 0 radical (unpaired) electrons. The van der Waals surface area contributed by atoms with E-state index in [4.69, 9.17) is 4.42 Å². The topological polar surface area (TPSA) is 106 Å². The van der Waals surface area contributed by atoms with E-state index >= 15 is 0 Å². The number of aromatic nitrogens is 4. The fourth-order valence-electron chi connectivity index (χ4n) is 3.92. The molecule has 0 spiro atoms. The Balaban J connectivity index is 1.33. The molecule has 0 bridgehead atoms.